The topological polar surface area (TPSA) is 82.7 Å². The molecule has 2 aromatic heterocycles. The highest BCUT2D eigenvalue weighted by Crippen LogP contribution is 2.23. The standard InChI is InChI=1S/C20H15ClFN5O/c21-16-10-14(5-6-17(16)22)26-18(28)9-12-1-3-13(4-2-12)27-20-15-7-8-23-19(15)24-11-25-20/h1-8,10-11H,9H2,(H,26,28)(H2,23,24,25,27). The number of hydrogen-bond donors (Lipinski definition) is 3. The smallest absolute Gasteiger partial charge is 0.228 e. The molecule has 0 fully saturated rings. The van der Waals surface area contributed by atoms with Crippen molar-refractivity contribution in [2.75, 3.05) is 10.6 Å². The Morgan fingerprint density at radius 3 is 2.64 bits per heavy atom. The molecule has 0 bridgehead atoms. The van der Waals surface area contributed by atoms with Gasteiger partial charge in [-0.1, -0.05) is 23.7 Å². The highest BCUT2D eigenvalue weighted by molar-refractivity contribution is 6.31. The van der Waals surface area contributed by atoms with Gasteiger partial charge in [-0.2, -0.15) is 0 Å². The van der Waals surface area contributed by atoms with Crippen LogP contribution in [0.1, 0.15) is 5.56 Å². The first-order chi connectivity index (χ1) is 13.6. The predicted molar refractivity (Wildman–Crippen MR) is 107 cm³/mol. The van der Waals surface area contributed by atoms with E-state index in [-0.39, 0.29) is 17.4 Å². The summed E-state index contributed by atoms with van der Waals surface area (Å²) in [4.78, 5) is 23.6. The van der Waals surface area contributed by atoms with Crippen molar-refractivity contribution in [2.24, 2.45) is 0 Å². The molecule has 4 aromatic rings. The lowest BCUT2D eigenvalue weighted by atomic mass is 10.1. The summed E-state index contributed by atoms with van der Waals surface area (Å²) in [5, 5.41) is 6.81. The maximum absolute atomic E-state index is 13.2. The van der Waals surface area contributed by atoms with Crippen molar-refractivity contribution in [2.45, 2.75) is 6.42 Å². The Labute approximate surface area is 164 Å². The van der Waals surface area contributed by atoms with Crippen LogP contribution in [0.2, 0.25) is 5.02 Å². The molecule has 0 atom stereocenters. The fraction of sp³-hybridized carbons (Fsp3) is 0.0500. The minimum atomic E-state index is -0.525. The van der Waals surface area contributed by atoms with Gasteiger partial charge in [0, 0.05) is 17.6 Å². The monoisotopic (exact) mass is 395 g/mol. The van der Waals surface area contributed by atoms with Crippen LogP contribution < -0.4 is 10.6 Å². The van der Waals surface area contributed by atoms with Crippen LogP contribution in [0.4, 0.5) is 21.6 Å². The molecule has 1 amide bonds. The molecule has 2 heterocycles. The third-order valence-corrected chi connectivity index (χ3v) is 4.43. The SMILES string of the molecule is O=C(Cc1ccc(Nc2ncnc3[nH]ccc23)cc1)Nc1ccc(F)c(Cl)c1. The van der Waals surface area contributed by atoms with E-state index in [0.29, 0.717) is 11.5 Å². The average molecular weight is 396 g/mol. The number of halogens is 2. The molecule has 0 aliphatic heterocycles. The molecule has 0 aliphatic carbocycles. The second-order valence-corrected chi connectivity index (χ2v) is 6.55. The molecule has 8 heteroatoms. The number of hydrogen-bond acceptors (Lipinski definition) is 4. The largest absolute Gasteiger partial charge is 0.346 e. The van der Waals surface area contributed by atoms with Crippen LogP contribution in [-0.4, -0.2) is 20.9 Å². The third kappa shape index (κ3) is 3.94. The van der Waals surface area contributed by atoms with Gasteiger partial charge in [0.05, 0.1) is 16.8 Å². The summed E-state index contributed by atoms with van der Waals surface area (Å²) in [6.45, 7) is 0. The van der Waals surface area contributed by atoms with Crippen molar-refractivity contribution < 1.29 is 9.18 Å². The van der Waals surface area contributed by atoms with Gasteiger partial charge >= 0.3 is 0 Å². The minimum Gasteiger partial charge on any atom is -0.346 e. The Bertz CT molecular complexity index is 1140. The summed E-state index contributed by atoms with van der Waals surface area (Å²) in [5.41, 5.74) is 2.89. The molecule has 2 aromatic carbocycles. The molecule has 3 N–H and O–H groups in total. The van der Waals surface area contributed by atoms with E-state index in [2.05, 4.69) is 25.6 Å². The number of H-pyrrole nitrogens is 1. The fourth-order valence-corrected chi connectivity index (χ4v) is 2.96. The van der Waals surface area contributed by atoms with Gasteiger partial charge in [0.2, 0.25) is 5.91 Å². The van der Waals surface area contributed by atoms with E-state index in [9.17, 15) is 9.18 Å². The molecule has 0 radical (unpaired) electrons. The number of carbonyl (C=O) groups is 1. The predicted octanol–water partition coefficient (Wildman–Crippen LogP) is 4.68. The molecule has 4 rings (SSSR count). The average Bonchev–Trinajstić information content (AvgIpc) is 3.16. The van der Waals surface area contributed by atoms with Crippen LogP contribution in [0.25, 0.3) is 11.0 Å². The Morgan fingerprint density at radius 1 is 1.07 bits per heavy atom. The van der Waals surface area contributed by atoms with Crippen molar-refractivity contribution in [3.8, 4) is 0 Å². The quantitative estimate of drug-likeness (QED) is 0.458. The van der Waals surface area contributed by atoms with E-state index in [1.165, 1.54) is 24.5 Å². The summed E-state index contributed by atoms with van der Waals surface area (Å²) >= 11 is 5.73. The Kier molecular flexibility index (Phi) is 4.90. The summed E-state index contributed by atoms with van der Waals surface area (Å²) in [6.07, 6.45) is 3.48. The van der Waals surface area contributed by atoms with Gasteiger partial charge in [0.25, 0.3) is 0 Å². The number of fused-ring (bicyclic) bond motifs is 1. The third-order valence-electron chi connectivity index (χ3n) is 4.14. The van der Waals surface area contributed by atoms with E-state index < -0.39 is 5.82 Å². The maximum Gasteiger partial charge on any atom is 0.228 e. The van der Waals surface area contributed by atoms with E-state index in [1.54, 1.807) is 6.20 Å². The number of benzene rings is 2. The van der Waals surface area contributed by atoms with Gasteiger partial charge < -0.3 is 15.6 Å². The number of nitrogens with one attached hydrogen (secondary N) is 3. The van der Waals surface area contributed by atoms with Crippen molar-refractivity contribution >= 4 is 45.7 Å². The number of rotatable bonds is 5. The molecular weight excluding hydrogens is 381 g/mol. The Morgan fingerprint density at radius 2 is 1.86 bits per heavy atom. The van der Waals surface area contributed by atoms with Gasteiger partial charge in [-0.15, -0.1) is 0 Å². The first kappa shape index (κ1) is 17.9. The molecular formula is C20H15ClFN5O. The summed E-state index contributed by atoms with van der Waals surface area (Å²) in [6, 6.07) is 13.4. The van der Waals surface area contributed by atoms with Crippen molar-refractivity contribution in [1.82, 2.24) is 15.0 Å². The molecule has 0 saturated heterocycles. The molecule has 0 saturated carbocycles. The van der Waals surface area contributed by atoms with Crippen LogP contribution >= 0.6 is 11.6 Å². The van der Waals surface area contributed by atoms with Gasteiger partial charge in [-0.05, 0) is 42.0 Å². The van der Waals surface area contributed by atoms with Crippen LogP contribution in [0.5, 0.6) is 0 Å². The lowest BCUT2D eigenvalue weighted by molar-refractivity contribution is -0.115. The van der Waals surface area contributed by atoms with Crippen LogP contribution in [0, 0.1) is 5.82 Å². The van der Waals surface area contributed by atoms with Crippen molar-refractivity contribution in [1.29, 1.82) is 0 Å². The first-order valence-corrected chi connectivity index (χ1v) is 8.85. The van der Waals surface area contributed by atoms with Crippen molar-refractivity contribution in [3.05, 3.63) is 77.5 Å². The van der Waals surface area contributed by atoms with Crippen LogP contribution in [0.15, 0.2) is 61.1 Å². The maximum atomic E-state index is 13.2. The van der Waals surface area contributed by atoms with E-state index in [1.807, 2.05) is 30.3 Å². The zero-order valence-electron chi connectivity index (χ0n) is 14.5. The van der Waals surface area contributed by atoms with Gasteiger partial charge in [-0.3, -0.25) is 4.79 Å². The number of nitrogens with zero attached hydrogens (tertiary/aromatic N) is 2. The van der Waals surface area contributed by atoms with Gasteiger partial charge in [-0.25, -0.2) is 14.4 Å². The zero-order chi connectivity index (χ0) is 19.5. The molecule has 0 unspecified atom stereocenters. The van der Waals surface area contributed by atoms with Crippen LogP contribution in [-0.2, 0) is 11.2 Å². The van der Waals surface area contributed by atoms with Crippen molar-refractivity contribution in [3.63, 3.8) is 0 Å². The van der Waals surface area contributed by atoms with E-state index >= 15 is 0 Å². The number of aromatic amines is 1. The summed E-state index contributed by atoms with van der Waals surface area (Å²) < 4.78 is 13.2. The molecule has 0 spiro atoms. The number of aromatic nitrogens is 3. The molecule has 0 aliphatic rings. The molecule has 6 nitrogen and oxygen atoms in total. The first-order valence-electron chi connectivity index (χ1n) is 8.47. The second-order valence-electron chi connectivity index (χ2n) is 6.14. The van der Waals surface area contributed by atoms with E-state index in [4.69, 9.17) is 11.6 Å². The Hall–Kier alpha value is -3.45. The fourth-order valence-electron chi connectivity index (χ4n) is 2.78. The molecule has 140 valence electrons. The Balaban J connectivity index is 1.41. The van der Waals surface area contributed by atoms with E-state index in [0.717, 1.165) is 22.3 Å². The number of carbonyl (C=O) groups excluding carboxylic acids is 1. The van der Waals surface area contributed by atoms with Gasteiger partial charge in [0.15, 0.2) is 0 Å². The molecule has 28 heavy (non-hydrogen) atoms. The van der Waals surface area contributed by atoms with Gasteiger partial charge in [0.1, 0.15) is 23.6 Å². The number of amides is 1. The second kappa shape index (κ2) is 7.66. The van der Waals surface area contributed by atoms with Crippen LogP contribution in [0.3, 0.4) is 0 Å². The highest BCUT2D eigenvalue weighted by atomic mass is 35.5. The summed E-state index contributed by atoms with van der Waals surface area (Å²) in [5.74, 6) is -0.0403. The lowest BCUT2D eigenvalue weighted by Crippen LogP contribution is -2.14. The lowest BCUT2D eigenvalue weighted by Gasteiger charge is -2.09. The summed E-state index contributed by atoms with van der Waals surface area (Å²) in [7, 11) is 0. The zero-order valence-corrected chi connectivity index (χ0v) is 15.3. The minimum absolute atomic E-state index is 0.0329. The normalized spacial score (nSPS) is 10.8. The highest BCUT2D eigenvalue weighted by Gasteiger charge is 2.08. The number of anilines is 3.